The monoisotopic (exact) mass is 462 g/mol. The molecule has 0 spiro atoms. The lowest BCUT2D eigenvalue weighted by molar-refractivity contribution is -0.128. The van der Waals surface area contributed by atoms with Crippen LogP contribution in [0.3, 0.4) is 0 Å². The van der Waals surface area contributed by atoms with Gasteiger partial charge in [-0.2, -0.15) is 5.26 Å². The zero-order valence-electron chi connectivity index (χ0n) is 16.6. The summed E-state index contributed by atoms with van der Waals surface area (Å²) in [5.74, 6) is -0.450. The van der Waals surface area contributed by atoms with Crippen molar-refractivity contribution in [3.63, 3.8) is 0 Å². The molecule has 0 fully saturated rings. The molecular formula is C25H16Cl2N2O3. The molecule has 0 aromatic heterocycles. The summed E-state index contributed by atoms with van der Waals surface area (Å²) in [6, 6.07) is 21.4. The number of nitrogens with zero attached hydrogens (tertiary/aromatic N) is 1. The van der Waals surface area contributed by atoms with Crippen LogP contribution in [0.4, 0.5) is 0 Å². The highest BCUT2D eigenvalue weighted by Gasteiger charge is 2.32. The normalized spacial score (nSPS) is 15.1. The summed E-state index contributed by atoms with van der Waals surface area (Å²) in [6.07, 6.45) is 2.86. The SMILES string of the molecule is N#CC1=C(N)Oc2cc(OC(=O)/C=C/c3ccccc3Cl)ccc2C1c1ccccc1Cl. The van der Waals surface area contributed by atoms with Crippen molar-refractivity contribution >= 4 is 35.2 Å². The van der Waals surface area contributed by atoms with E-state index in [0.29, 0.717) is 26.9 Å². The molecule has 0 saturated heterocycles. The van der Waals surface area contributed by atoms with E-state index in [4.69, 9.17) is 38.4 Å². The Bertz CT molecular complexity index is 1310. The minimum atomic E-state index is -0.579. The Morgan fingerprint density at radius 1 is 1.03 bits per heavy atom. The number of esters is 1. The Labute approximate surface area is 194 Å². The summed E-state index contributed by atoms with van der Waals surface area (Å²) >= 11 is 12.5. The van der Waals surface area contributed by atoms with Gasteiger partial charge < -0.3 is 15.2 Å². The van der Waals surface area contributed by atoms with E-state index in [-0.39, 0.29) is 17.2 Å². The van der Waals surface area contributed by atoms with Crippen LogP contribution in [0.2, 0.25) is 10.0 Å². The highest BCUT2D eigenvalue weighted by Crippen LogP contribution is 2.45. The molecule has 0 radical (unpaired) electrons. The number of nitriles is 1. The Morgan fingerprint density at radius 3 is 2.47 bits per heavy atom. The van der Waals surface area contributed by atoms with Crippen LogP contribution in [-0.4, -0.2) is 5.97 Å². The second-order valence-electron chi connectivity index (χ2n) is 6.92. The average molecular weight is 463 g/mol. The summed E-state index contributed by atoms with van der Waals surface area (Å²) in [7, 11) is 0. The molecule has 1 atom stereocenters. The van der Waals surface area contributed by atoms with Gasteiger partial charge in [-0.1, -0.05) is 65.7 Å². The lowest BCUT2D eigenvalue weighted by atomic mass is 9.83. The number of benzene rings is 3. The summed E-state index contributed by atoms with van der Waals surface area (Å²) in [5.41, 5.74) is 8.40. The Kier molecular flexibility index (Phi) is 6.18. The molecule has 3 aromatic rings. The fraction of sp³-hybridized carbons (Fsp3) is 0.0400. The van der Waals surface area contributed by atoms with Crippen LogP contribution in [0.25, 0.3) is 6.08 Å². The van der Waals surface area contributed by atoms with E-state index in [2.05, 4.69) is 6.07 Å². The molecule has 158 valence electrons. The molecule has 0 bridgehead atoms. The maximum absolute atomic E-state index is 12.3. The summed E-state index contributed by atoms with van der Waals surface area (Å²) in [5, 5.41) is 10.7. The lowest BCUT2D eigenvalue weighted by Gasteiger charge is -2.27. The third-order valence-electron chi connectivity index (χ3n) is 4.93. The summed E-state index contributed by atoms with van der Waals surface area (Å²) in [6.45, 7) is 0. The molecule has 0 aliphatic carbocycles. The average Bonchev–Trinajstić information content (AvgIpc) is 2.78. The van der Waals surface area contributed by atoms with Gasteiger partial charge in [0, 0.05) is 27.8 Å². The number of rotatable bonds is 4. The van der Waals surface area contributed by atoms with E-state index in [0.717, 1.165) is 5.56 Å². The van der Waals surface area contributed by atoms with Crippen molar-refractivity contribution < 1.29 is 14.3 Å². The van der Waals surface area contributed by atoms with Gasteiger partial charge in [-0.15, -0.1) is 0 Å². The van der Waals surface area contributed by atoms with Gasteiger partial charge in [0.05, 0.1) is 5.92 Å². The van der Waals surface area contributed by atoms with Crippen molar-refractivity contribution in [1.29, 1.82) is 5.26 Å². The van der Waals surface area contributed by atoms with Gasteiger partial charge in [0.25, 0.3) is 0 Å². The predicted octanol–water partition coefficient (Wildman–Crippen LogP) is 5.83. The van der Waals surface area contributed by atoms with Crippen LogP contribution < -0.4 is 15.2 Å². The first-order chi connectivity index (χ1) is 15.5. The topological polar surface area (TPSA) is 85.3 Å². The predicted molar refractivity (Wildman–Crippen MR) is 123 cm³/mol. The number of fused-ring (bicyclic) bond motifs is 1. The second-order valence-corrected chi connectivity index (χ2v) is 7.74. The first kappa shape index (κ1) is 21.5. The maximum atomic E-state index is 12.3. The molecule has 1 unspecified atom stereocenters. The van der Waals surface area contributed by atoms with Gasteiger partial charge in [0.15, 0.2) is 0 Å². The van der Waals surface area contributed by atoms with Crippen LogP contribution in [-0.2, 0) is 4.79 Å². The van der Waals surface area contributed by atoms with Crippen LogP contribution >= 0.6 is 23.2 Å². The third-order valence-corrected chi connectivity index (χ3v) is 5.62. The van der Waals surface area contributed by atoms with Crippen LogP contribution in [0, 0.1) is 11.3 Å². The fourth-order valence-corrected chi connectivity index (χ4v) is 3.89. The molecule has 2 N–H and O–H groups in total. The molecule has 5 nitrogen and oxygen atoms in total. The smallest absolute Gasteiger partial charge is 0.336 e. The Balaban J connectivity index is 1.62. The Morgan fingerprint density at radius 2 is 1.75 bits per heavy atom. The van der Waals surface area contributed by atoms with Crippen LogP contribution in [0.5, 0.6) is 11.5 Å². The minimum absolute atomic E-state index is 0.0213. The molecule has 1 heterocycles. The number of hydrogen-bond acceptors (Lipinski definition) is 5. The van der Waals surface area contributed by atoms with Gasteiger partial charge in [-0.25, -0.2) is 4.79 Å². The molecule has 32 heavy (non-hydrogen) atoms. The minimum Gasteiger partial charge on any atom is -0.440 e. The molecular weight excluding hydrogens is 447 g/mol. The second kappa shape index (κ2) is 9.19. The number of allylic oxidation sites excluding steroid dienone is 1. The van der Waals surface area contributed by atoms with E-state index in [1.807, 2.05) is 24.3 Å². The first-order valence-corrected chi connectivity index (χ1v) is 10.3. The van der Waals surface area contributed by atoms with Gasteiger partial charge in [0.1, 0.15) is 23.1 Å². The molecule has 7 heteroatoms. The number of carbonyl (C=O) groups is 1. The number of hydrogen-bond donors (Lipinski definition) is 1. The van der Waals surface area contributed by atoms with Crippen molar-refractivity contribution in [3.8, 4) is 17.6 Å². The zero-order valence-corrected chi connectivity index (χ0v) is 18.1. The number of nitrogens with two attached hydrogens (primary N) is 1. The number of halogens is 2. The maximum Gasteiger partial charge on any atom is 0.336 e. The van der Waals surface area contributed by atoms with E-state index >= 15 is 0 Å². The van der Waals surface area contributed by atoms with Crippen LogP contribution in [0.1, 0.15) is 22.6 Å². The molecule has 3 aromatic carbocycles. The largest absolute Gasteiger partial charge is 0.440 e. The highest BCUT2D eigenvalue weighted by molar-refractivity contribution is 6.32. The number of ether oxygens (including phenoxy) is 2. The van der Waals surface area contributed by atoms with Gasteiger partial charge >= 0.3 is 5.97 Å². The van der Waals surface area contributed by atoms with Crippen molar-refractivity contribution in [2.75, 3.05) is 0 Å². The molecule has 4 rings (SSSR count). The third kappa shape index (κ3) is 4.33. The summed E-state index contributed by atoms with van der Waals surface area (Å²) in [4.78, 5) is 12.3. The molecule has 0 saturated carbocycles. The fourth-order valence-electron chi connectivity index (χ4n) is 3.45. The zero-order chi connectivity index (χ0) is 22.7. The van der Waals surface area contributed by atoms with Gasteiger partial charge in [-0.3, -0.25) is 0 Å². The highest BCUT2D eigenvalue weighted by atomic mass is 35.5. The van der Waals surface area contributed by atoms with Crippen molar-refractivity contribution in [2.45, 2.75) is 5.92 Å². The van der Waals surface area contributed by atoms with Crippen LogP contribution in [0.15, 0.2) is 84.3 Å². The Hall–Kier alpha value is -3.72. The first-order valence-electron chi connectivity index (χ1n) is 9.58. The van der Waals surface area contributed by atoms with Gasteiger partial charge in [0.2, 0.25) is 5.88 Å². The van der Waals surface area contributed by atoms with Crippen molar-refractivity contribution in [1.82, 2.24) is 0 Å². The van der Waals surface area contributed by atoms with Crippen molar-refractivity contribution in [2.24, 2.45) is 5.73 Å². The van der Waals surface area contributed by atoms with E-state index in [9.17, 15) is 10.1 Å². The van der Waals surface area contributed by atoms with Gasteiger partial charge in [-0.05, 0) is 35.4 Å². The standard InChI is InChI=1S/C25H16Cl2N2O3/c26-20-7-3-1-5-15(20)9-12-23(30)31-16-10-11-18-22(13-16)32-25(29)19(14-28)24(18)17-6-2-4-8-21(17)27/h1-13,24H,29H2/b12-9+. The quantitative estimate of drug-likeness (QED) is 0.299. The molecule has 0 amide bonds. The van der Waals surface area contributed by atoms with Crippen molar-refractivity contribution in [3.05, 3.63) is 111 Å². The van der Waals surface area contributed by atoms with E-state index in [1.54, 1.807) is 48.5 Å². The number of carbonyl (C=O) groups excluding carboxylic acids is 1. The van der Waals surface area contributed by atoms with E-state index in [1.165, 1.54) is 6.08 Å². The van der Waals surface area contributed by atoms with E-state index < -0.39 is 11.9 Å². The molecule has 1 aliphatic heterocycles. The lowest BCUT2D eigenvalue weighted by Crippen LogP contribution is -2.21. The molecule has 1 aliphatic rings. The summed E-state index contributed by atoms with van der Waals surface area (Å²) < 4.78 is 11.1.